The number of para-hydroxylation sites is 3. The van der Waals surface area contributed by atoms with E-state index in [1.165, 1.54) is 16.3 Å². The van der Waals surface area contributed by atoms with Gasteiger partial charge in [-0.2, -0.15) is 0 Å². The molecule has 8 heteroatoms. The largest absolute Gasteiger partial charge is 0.492 e. The lowest BCUT2D eigenvalue weighted by atomic mass is 10.2. The number of thioether (sulfide) groups is 1. The minimum Gasteiger partial charge on any atom is -0.492 e. The summed E-state index contributed by atoms with van der Waals surface area (Å²) in [5.74, 6) is 0.431. The van der Waals surface area contributed by atoms with Crippen molar-refractivity contribution in [3.63, 3.8) is 0 Å². The van der Waals surface area contributed by atoms with Gasteiger partial charge in [0.25, 0.3) is 5.56 Å². The summed E-state index contributed by atoms with van der Waals surface area (Å²) in [6.07, 6.45) is 1.72. The fraction of sp³-hybridized carbons (Fsp3) is 0.111. The van der Waals surface area contributed by atoms with E-state index in [1.54, 1.807) is 18.3 Å². The average molecular weight is 483 g/mol. The van der Waals surface area contributed by atoms with E-state index in [-0.39, 0.29) is 17.2 Å². The standard InChI is InChI=1S/C27H22N4O3S/c1-2-34-24-15-6-5-14-23(24)31-26(33)19-9-3-4-11-22(19)30-27(31)35-17-25(32)29-21-13-7-12-20-18(21)10-8-16-28-20/h3-16H,2,17H2,1H3,(H,29,32). The summed E-state index contributed by atoms with van der Waals surface area (Å²) < 4.78 is 7.30. The summed E-state index contributed by atoms with van der Waals surface area (Å²) >= 11 is 1.20. The Morgan fingerprint density at radius 1 is 0.943 bits per heavy atom. The van der Waals surface area contributed by atoms with Gasteiger partial charge in [0, 0.05) is 11.6 Å². The van der Waals surface area contributed by atoms with Crippen LogP contribution in [0.3, 0.4) is 0 Å². The lowest BCUT2D eigenvalue weighted by Crippen LogP contribution is -2.23. The van der Waals surface area contributed by atoms with Crippen LogP contribution < -0.4 is 15.6 Å². The summed E-state index contributed by atoms with van der Waals surface area (Å²) in [7, 11) is 0. The molecule has 0 aliphatic carbocycles. The third kappa shape index (κ3) is 4.61. The van der Waals surface area contributed by atoms with Gasteiger partial charge in [-0.25, -0.2) is 4.98 Å². The number of amides is 1. The van der Waals surface area contributed by atoms with Crippen molar-refractivity contribution in [2.45, 2.75) is 12.1 Å². The first-order valence-electron chi connectivity index (χ1n) is 11.2. The van der Waals surface area contributed by atoms with Gasteiger partial charge in [0.1, 0.15) is 5.75 Å². The second-order valence-electron chi connectivity index (χ2n) is 7.67. The van der Waals surface area contributed by atoms with E-state index in [4.69, 9.17) is 9.72 Å². The number of benzene rings is 3. The maximum Gasteiger partial charge on any atom is 0.266 e. The van der Waals surface area contributed by atoms with Gasteiger partial charge in [-0.1, -0.05) is 42.1 Å². The minimum atomic E-state index is -0.217. The molecule has 1 amide bonds. The highest BCUT2D eigenvalue weighted by atomic mass is 32.2. The number of pyridine rings is 1. The average Bonchev–Trinajstić information content (AvgIpc) is 2.89. The Morgan fingerprint density at radius 2 is 1.71 bits per heavy atom. The number of rotatable bonds is 7. The molecule has 174 valence electrons. The summed E-state index contributed by atoms with van der Waals surface area (Å²) in [6.45, 7) is 2.35. The first kappa shape index (κ1) is 22.6. The van der Waals surface area contributed by atoms with Crippen molar-refractivity contribution in [2.75, 3.05) is 17.7 Å². The molecule has 0 spiro atoms. The topological polar surface area (TPSA) is 86.1 Å². The Balaban J connectivity index is 1.50. The van der Waals surface area contributed by atoms with Crippen LogP contribution in [0, 0.1) is 0 Å². The molecule has 1 N–H and O–H groups in total. The number of nitrogens with one attached hydrogen (secondary N) is 1. The van der Waals surface area contributed by atoms with E-state index in [0.717, 1.165) is 10.9 Å². The number of ether oxygens (including phenoxy) is 1. The van der Waals surface area contributed by atoms with Crippen LogP contribution >= 0.6 is 11.8 Å². The maximum atomic E-state index is 13.5. The van der Waals surface area contributed by atoms with Crippen LogP contribution in [-0.4, -0.2) is 32.8 Å². The van der Waals surface area contributed by atoms with E-state index in [9.17, 15) is 9.59 Å². The molecule has 2 aromatic heterocycles. The summed E-state index contributed by atoms with van der Waals surface area (Å²) in [6, 6.07) is 23.9. The second-order valence-corrected chi connectivity index (χ2v) is 8.61. The third-order valence-corrected chi connectivity index (χ3v) is 6.34. The molecule has 7 nitrogen and oxygen atoms in total. The zero-order chi connectivity index (χ0) is 24.2. The molecule has 3 aromatic carbocycles. The Hall–Kier alpha value is -4.17. The van der Waals surface area contributed by atoms with Crippen LogP contribution in [0.5, 0.6) is 5.75 Å². The molecule has 0 aliphatic heterocycles. The van der Waals surface area contributed by atoms with Crippen molar-refractivity contribution in [1.82, 2.24) is 14.5 Å². The van der Waals surface area contributed by atoms with Gasteiger partial charge in [0.15, 0.2) is 5.16 Å². The van der Waals surface area contributed by atoms with Crippen molar-refractivity contribution in [2.24, 2.45) is 0 Å². The second kappa shape index (κ2) is 9.99. The number of hydrogen-bond acceptors (Lipinski definition) is 6. The highest BCUT2D eigenvalue weighted by Crippen LogP contribution is 2.28. The molecule has 5 aromatic rings. The minimum absolute atomic E-state index is 0.0677. The number of fused-ring (bicyclic) bond motifs is 2. The quantitative estimate of drug-likeness (QED) is 0.258. The molecule has 0 aliphatic rings. The predicted octanol–water partition coefficient (Wildman–Crippen LogP) is 5.06. The van der Waals surface area contributed by atoms with Crippen molar-refractivity contribution in [1.29, 1.82) is 0 Å². The Morgan fingerprint density at radius 3 is 2.60 bits per heavy atom. The number of anilines is 1. The van der Waals surface area contributed by atoms with Gasteiger partial charge in [0.2, 0.25) is 5.91 Å². The Kier molecular flexibility index (Phi) is 6.45. The summed E-state index contributed by atoms with van der Waals surface area (Å²) in [5.41, 5.74) is 2.43. The van der Waals surface area contributed by atoms with Crippen LogP contribution in [0.15, 0.2) is 95.0 Å². The van der Waals surface area contributed by atoms with Gasteiger partial charge >= 0.3 is 0 Å². The fourth-order valence-corrected chi connectivity index (χ4v) is 4.68. The van der Waals surface area contributed by atoms with Crippen LogP contribution in [0.25, 0.3) is 27.5 Å². The maximum absolute atomic E-state index is 13.5. The van der Waals surface area contributed by atoms with Crippen LogP contribution in [-0.2, 0) is 4.79 Å². The normalized spacial score (nSPS) is 11.0. The number of carbonyl (C=O) groups is 1. The monoisotopic (exact) mass is 482 g/mol. The predicted molar refractivity (Wildman–Crippen MR) is 140 cm³/mol. The zero-order valence-corrected chi connectivity index (χ0v) is 19.8. The van der Waals surface area contributed by atoms with Gasteiger partial charge in [-0.15, -0.1) is 0 Å². The molecule has 0 saturated carbocycles. The van der Waals surface area contributed by atoms with Crippen LogP contribution in [0.4, 0.5) is 5.69 Å². The molecule has 0 radical (unpaired) electrons. The first-order chi connectivity index (χ1) is 17.2. The molecule has 0 unspecified atom stereocenters. The van der Waals surface area contributed by atoms with Gasteiger partial charge in [0.05, 0.1) is 40.2 Å². The fourth-order valence-electron chi connectivity index (χ4n) is 3.87. The number of aromatic nitrogens is 3. The molecule has 5 rings (SSSR count). The van der Waals surface area contributed by atoms with Crippen molar-refractivity contribution in [3.05, 3.63) is 95.4 Å². The number of carbonyl (C=O) groups excluding carboxylic acids is 1. The Bertz CT molecular complexity index is 1590. The van der Waals surface area contributed by atoms with E-state index < -0.39 is 0 Å². The van der Waals surface area contributed by atoms with Crippen molar-refractivity contribution >= 4 is 45.2 Å². The number of hydrogen-bond donors (Lipinski definition) is 1. The molecule has 2 heterocycles. The van der Waals surface area contributed by atoms with Crippen LogP contribution in [0.2, 0.25) is 0 Å². The molecular weight excluding hydrogens is 460 g/mol. The smallest absolute Gasteiger partial charge is 0.266 e. The van der Waals surface area contributed by atoms with Crippen molar-refractivity contribution < 1.29 is 9.53 Å². The van der Waals surface area contributed by atoms with E-state index in [1.807, 2.05) is 73.7 Å². The van der Waals surface area contributed by atoms with Crippen LogP contribution in [0.1, 0.15) is 6.92 Å². The summed E-state index contributed by atoms with van der Waals surface area (Å²) in [5, 5.41) is 4.73. The van der Waals surface area contributed by atoms with Crippen molar-refractivity contribution in [3.8, 4) is 11.4 Å². The highest BCUT2D eigenvalue weighted by molar-refractivity contribution is 7.99. The lowest BCUT2D eigenvalue weighted by Gasteiger charge is -2.16. The zero-order valence-electron chi connectivity index (χ0n) is 19.0. The molecule has 0 bridgehead atoms. The highest BCUT2D eigenvalue weighted by Gasteiger charge is 2.18. The molecule has 0 saturated heterocycles. The molecule has 0 fully saturated rings. The van der Waals surface area contributed by atoms with Gasteiger partial charge in [-0.05, 0) is 55.5 Å². The van der Waals surface area contributed by atoms with E-state index in [0.29, 0.717) is 39.8 Å². The lowest BCUT2D eigenvalue weighted by molar-refractivity contribution is -0.113. The van der Waals surface area contributed by atoms with Gasteiger partial charge < -0.3 is 10.1 Å². The first-order valence-corrected chi connectivity index (χ1v) is 12.1. The summed E-state index contributed by atoms with van der Waals surface area (Å²) in [4.78, 5) is 35.5. The third-order valence-electron chi connectivity index (χ3n) is 5.40. The van der Waals surface area contributed by atoms with Gasteiger partial charge in [-0.3, -0.25) is 19.1 Å². The molecule has 0 atom stereocenters. The van der Waals surface area contributed by atoms with E-state index in [2.05, 4.69) is 10.3 Å². The molecule has 35 heavy (non-hydrogen) atoms. The Labute approximate surface area is 205 Å². The molecular formula is C27H22N4O3S. The SMILES string of the molecule is CCOc1ccccc1-n1c(SCC(=O)Nc2cccc3ncccc23)nc2ccccc2c1=O. The number of nitrogens with zero attached hydrogens (tertiary/aromatic N) is 3. The van der Waals surface area contributed by atoms with E-state index >= 15 is 0 Å².